The van der Waals surface area contributed by atoms with Crippen LogP contribution in [0, 0.1) is 0 Å². The Morgan fingerprint density at radius 3 is 2.48 bits per heavy atom. The molecule has 3 heteroatoms. The third-order valence-corrected chi connectivity index (χ3v) is 6.04. The highest BCUT2D eigenvalue weighted by molar-refractivity contribution is 6.06. The van der Waals surface area contributed by atoms with Crippen LogP contribution in [0.4, 0.5) is 0 Å². The average Bonchev–Trinajstić information content (AvgIpc) is 3.02. The van der Waals surface area contributed by atoms with Crippen LogP contribution in [0.1, 0.15) is 31.2 Å². The van der Waals surface area contributed by atoms with Gasteiger partial charge in [-0.2, -0.15) is 0 Å². The van der Waals surface area contributed by atoms with E-state index in [2.05, 4.69) is 36.2 Å². The molecule has 2 saturated heterocycles. The van der Waals surface area contributed by atoms with Gasteiger partial charge in [-0.15, -0.1) is 0 Å². The molecule has 118 valence electrons. The summed E-state index contributed by atoms with van der Waals surface area (Å²) >= 11 is 0. The monoisotopic (exact) mass is 307 g/mol. The van der Waals surface area contributed by atoms with Gasteiger partial charge in [0.2, 0.25) is 0 Å². The van der Waals surface area contributed by atoms with Gasteiger partial charge in [0.25, 0.3) is 0 Å². The van der Waals surface area contributed by atoms with Crippen molar-refractivity contribution in [1.82, 2.24) is 4.90 Å². The third-order valence-electron chi connectivity index (χ3n) is 6.04. The smallest absolute Gasteiger partial charge is 0.141 e. The van der Waals surface area contributed by atoms with Crippen molar-refractivity contribution in [3.8, 4) is 0 Å². The van der Waals surface area contributed by atoms with E-state index in [1.54, 1.807) is 0 Å². The van der Waals surface area contributed by atoms with Crippen molar-refractivity contribution in [3.05, 3.63) is 48.0 Å². The van der Waals surface area contributed by atoms with Crippen LogP contribution in [0.3, 0.4) is 0 Å². The van der Waals surface area contributed by atoms with E-state index in [9.17, 15) is 5.11 Å². The summed E-state index contributed by atoms with van der Waals surface area (Å²) in [5.41, 5.74) is 1.96. The summed E-state index contributed by atoms with van der Waals surface area (Å²) in [4.78, 5) is 2.45. The SMILES string of the molecule is CN1C2CCC1CC(O)(c1cccc3c1oc1ccccc13)C2. The fourth-order valence-electron chi connectivity index (χ4n) is 4.78. The minimum atomic E-state index is -0.772. The van der Waals surface area contributed by atoms with E-state index in [0.717, 1.165) is 40.3 Å². The molecule has 2 atom stereocenters. The van der Waals surface area contributed by atoms with Gasteiger partial charge in [-0.3, -0.25) is 0 Å². The molecule has 2 aliphatic heterocycles. The Kier molecular flexibility index (Phi) is 2.71. The minimum Gasteiger partial charge on any atom is -0.456 e. The van der Waals surface area contributed by atoms with E-state index >= 15 is 0 Å². The maximum atomic E-state index is 11.5. The van der Waals surface area contributed by atoms with E-state index in [-0.39, 0.29) is 0 Å². The van der Waals surface area contributed by atoms with Crippen molar-refractivity contribution in [1.29, 1.82) is 0 Å². The van der Waals surface area contributed by atoms with Gasteiger partial charge in [0.1, 0.15) is 11.2 Å². The van der Waals surface area contributed by atoms with Gasteiger partial charge in [0, 0.05) is 28.4 Å². The molecule has 0 saturated carbocycles. The van der Waals surface area contributed by atoms with Gasteiger partial charge in [0.05, 0.1) is 5.60 Å². The molecule has 5 rings (SSSR count). The molecule has 2 aliphatic rings. The van der Waals surface area contributed by atoms with Crippen LogP contribution >= 0.6 is 0 Å². The topological polar surface area (TPSA) is 36.6 Å². The summed E-state index contributed by atoms with van der Waals surface area (Å²) in [5.74, 6) is 0. The van der Waals surface area contributed by atoms with Gasteiger partial charge < -0.3 is 14.4 Å². The first kappa shape index (κ1) is 13.6. The van der Waals surface area contributed by atoms with Gasteiger partial charge in [-0.05, 0) is 38.8 Å². The van der Waals surface area contributed by atoms with E-state index in [0.29, 0.717) is 12.1 Å². The molecule has 3 heterocycles. The molecular weight excluding hydrogens is 286 g/mol. The Balaban J connectivity index is 1.71. The maximum Gasteiger partial charge on any atom is 0.141 e. The lowest BCUT2D eigenvalue weighted by molar-refractivity contribution is -0.0487. The zero-order chi connectivity index (χ0) is 15.6. The Labute approximate surface area is 135 Å². The summed E-state index contributed by atoms with van der Waals surface area (Å²) in [7, 11) is 2.20. The molecule has 2 fully saturated rings. The van der Waals surface area contributed by atoms with Gasteiger partial charge in [-0.1, -0.05) is 36.4 Å². The molecular formula is C20H21NO2. The molecule has 0 radical (unpaired) electrons. The minimum absolute atomic E-state index is 0.485. The number of para-hydroxylation sites is 2. The fourth-order valence-corrected chi connectivity index (χ4v) is 4.78. The summed E-state index contributed by atoms with van der Waals surface area (Å²) in [6.07, 6.45) is 3.99. The molecule has 0 spiro atoms. The van der Waals surface area contributed by atoms with E-state index in [4.69, 9.17) is 4.42 Å². The lowest BCUT2D eigenvalue weighted by Gasteiger charge is -2.42. The van der Waals surface area contributed by atoms with Crippen LogP contribution < -0.4 is 0 Å². The molecule has 2 unspecified atom stereocenters. The van der Waals surface area contributed by atoms with Gasteiger partial charge in [-0.25, -0.2) is 0 Å². The number of hydrogen-bond acceptors (Lipinski definition) is 3. The largest absolute Gasteiger partial charge is 0.456 e. The second-order valence-corrected chi connectivity index (χ2v) is 7.27. The van der Waals surface area contributed by atoms with Crippen LogP contribution in [-0.4, -0.2) is 29.1 Å². The number of furan rings is 1. The highest BCUT2D eigenvalue weighted by Crippen LogP contribution is 2.47. The first-order valence-corrected chi connectivity index (χ1v) is 8.51. The van der Waals surface area contributed by atoms with Crippen molar-refractivity contribution in [3.63, 3.8) is 0 Å². The number of hydrogen-bond donors (Lipinski definition) is 1. The predicted molar refractivity (Wildman–Crippen MR) is 91.4 cm³/mol. The molecule has 2 bridgehead atoms. The number of benzene rings is 2. The maximum absolute atomic E-state index is 11.5. The number of aliphatic hydroxyl groups is 1. The highest BCUT2D eigenvalue weighted by Gasteiger charge is 2.47. The second-order valence-electron chi connectivity index (χ2n) is 7.27. The molecule has 3 nitrogen and oxygen atoms in total. The van der Waals surface area contributed by atoms with E-state index in [1.807, 2.05) is 18.2 Å². The first-order valence-electron chi connectivity index (χ1n) is 8.51. The van der Waals surface area contributed by atoms with Crippen molar-refractivity contribution >= 4 is 21.9 Å². The summed E-state index contributed by atoms with van der Waals surface area (Å²) < 4.78 is 6.15. The van der Waals surface area contributed by atoms with Gasteiger partial charge >= 0.3 is 0 Å². The van der Waals surface area contributed by atoms with Crippen LogP contribution in [0.15, 0.2) is 46.9 Å². The third kappa shape index (κ3) is 1.84. The summed E-state index contributed by atoms with van der Waals surface area (Å²) in [6, 6.07) is 15.3. The van der Waals surface area contributed by atoms with Crippen molar-refractivity contribution < 1.29 is 9.52 Å². The zero-order valence-electron chi connectivity index (χ0n) is 13.3. The predicted octanol–water partition coefficient (Wildman–Crippen LogP) is 4.03. The normalized spacial score (nSPS) is 31.2. The molecule has 0 aliphatic carbocycles. The number of rotatable bonds is 1. The fraction of sp³-hybridized carbons (Fsp3) is 0.400. The van der Waals surface area contributed by atoms with Crippen molar-refractivity contribution in [2.24, 2.45) is 0 Å². The Bertz CT molecular complexity index is 883. The second kappa shape index (κ2) is 4.59. The molecule has 1 N–H and O–H groups in total. The lowest BCUT2D eigenvalue weighted by atomic mass is 9.80. The van der Waals surface area contributed by atoms with E-state index in [1.165, 1.54) is 12.8 Å². The van der Waals surface area contributed by atoms with Crippen LogP contribution in [0.2, 0.25) is 0 Å². The summed E-state index contributed by atoms with van der Waals surface area (Å²) in [5, 5.41) is 13.7. The summed E-state index contributed by atoms with van der Waals surface area (Å²) in [6.45, 7) is 0. The first-order chi connectivity index (χ1) is 11.2. The van der Waals surface area contributed by atoms with Crippen LogP contribution in [0.5, 0.6) is 0 Å². The van der Waals surface area contributed by atoms with Crippen LogP contribution in [-0.2, 0) is 5.60 Å². The van der Waals surface area contributed by atoms with Gasteiger partial charge in [0.15, 0.2) is 0 Å². The standard InChI is InChI=1S/C20H21NO2/c1-21-13-9-10-14(21)12-20(22,11-13)17-7-4-6-16-15-5-2-3-8-18(15)23-19(16)17/h2-8,13-14,22H,9-12H2,1H3. The van der Waals surface area contributed by atoms with E-state index < -0.39 is 5.60 Å². The Hall–Kier alpha value is -1.84. The Morgan fingerprint density at radius 2 is 1.70 bits per heavy atom. The number of fused-ring (bicyclic) bond motifs is 5. The average molecular weight is 307 g/mol. The molecule has 23 heavy (non-hydrogen) atoms. The molecule has 1 aromatic heterocycles. The lowest BCUT2D eigenvalue weighted by Crippen LogP contribution is -2.47. The van der Waals surface area contributed by atoms with Crippen molar-refractivity contribution in [2.75, 3.05) is 7.05 Å². The number of nitrogens with zero attached hydrogens (tertiary/aromatic N) is 1. The quantitative estimate of drug-likeness (QED) is 0.737. The van der Waals surface area contributed by atoms with Crippen molar-refractivity contribution in [2.45, 2.75) is 43.4 Å². The zero-order valence-corrected chi connectivity index (χ0v) is 13.3. The molecule has 2 aromatic carbocycles. The van der Waals surface area contributed by atoms with Crippen LogP contribution in [0.25, 0.3) is 21.9 Å². The Morgan fingerprint density at radius 1 is 1.00 bits per heavy atom. The molecule has 3 aromatic rings. The molecule has 0 amide bonds. The number of piperidine rings is 1. The highest BCUT2D eigenvalue weighted by atomic mass is 16.3.